The molecule has 0 heterocycles. The first-order valence-corrected chi connectivity index (χ1v) is 4.61. The van der Waals surface area contributed by atoms with Crippen molar-refractivity contribution < 1.29 is 14.8 Å². The van der Waals surface area contributed by atoms with Crippen LogP contribution in [0.2, 0.25) is 0 Å². The maximum Gasteiger partial charge on any atom is 0.312 e. The second-order valence-electron chi connectivity index (χ2n) is 2.92. The molecule has 0 aliphatic heterocycles. The molecule has 0 aliphatic carbocycles. The Bertz CT molecular complexity index is 445. The maximum absolute atomic E-state index is 10.7. The molecule has 0 amide bonds. The van der Waals surface area contributed by atoms with E-state index in [0.29, 0.717) is 12.0 Å². The van der Waals surface area contributed by atoms with Crippen LogP contribution in [-0.2, 0) is 0 Å². The molecule has 5 nitrogen and oxygen atoms in total. The van der Waals surface area contributed by atoms with Crippen molar-refractivity contribution in [2.75, 3.05) is 13.7 Å². The highest BCUT2D eigenvalue weighted by Crippen LogP contribution is 2.26. The zero-order valence-electron chi connectivity index (χ0n) is 8.77. The number of benzene rings is 1. The zero-order chi connectivity index (χ0) is 12.0. The third-order valence-electron chi connectivity index (χ3n) is 1.85. The van der Waals surface area contributed by atoms with Gasteiger partial charge < -0.3 is 9.84 Å². The monoisotopic (exact) mass is 221 g/mol. The maximum atomic E-state index is 10.7. The fourth-order valence-electron chi connectivity index (χ4n) is 1.13. The third kappa shape index (κ3) is 2.97. The minimum Gasteiger partial charge on any atom is -0.490 e. The second-order valence-corrected chi connectivity index (χ2v) is 2.92. The van der Waals surface area contributed by atoms with Gasteiger partial charge in [0.15, 0.2) is 5.75 Å². The van der Waals surface area contributed by atoms with Crippen molar-refractivity contribution in [2.24, 2.45) is 0 Å². The Morgan fingerprint density at radius 2 is 2.31 bits per heavy atom. The molecule has 0 aromatic heterocycles. The lowest BCUT2D eigenvalue weighted by Gasteiger charge is -2.00. The summed E-state index contributed by atoms with van der Waals surface area (Å²) in [5, 5.41) is 19.2. The Kier molecular flexibility index (Phi) is 4.30. The van der Waals surface area contributed by atoms with E-state index in [0.717, 1.165) is 0 Å². The lowest BCUT2D eigenvalue weighted by atomic mass is 10.2. The SMILES string of the molecule is COc1ccc(C#CCCO)cc1[N+](=O)[O-]. The van der Waals surface area contributed by atoms with Crippen LogP contribution in [0.3, 0.4) is 0 Å². The number of hydrogen-bond acceptors (Lipinski definition) is 4. The Morgan fingerprint density at radius 3 is 2.88 bits per heavy atom. The van der Waals surface area contributed by atoms with E-state index in [9.17, 15) is 10.1 Å². The molecule has 0 radical (unpaired) electrons. The van der Waals surface area contributed by atoms with Gasteiger partial charge in [0.1, 0.15) is 0 Å². The van der Waals surface area contributed by atoms with Gasteiger partial charge in [0.2, 0.25) is 0 Å². The first kappa shape index (κ1) is 12.0. The van der Waals surface area contributed by atoms with Crippen molar-refractivity contribution in [3.8, 4) is 17.6 Å². The van der Waals surface area contributed by atoms with Crippen LogP contribution in [0.1, 0.15) is 12.0 Å². The average Bonchev–Trinajstić information content (AvgIpc) is 2.29. The van der Waals surface area contributed by atoms with Crippen LogP contribution >= 0.6 is 0 Å². The fraction of sp³-hybridized carbons (Fsp3) is 0.273. The number of nitro benzene ring substituents is 1. The van der Waals surface area contributed by atoms with E-state index in [1.807, 2.05) is 0 Å². The molecule has 0 saturated heterocycles. The van der Waals surface area contributed by atoms with Gasteiger partial charge in [-0.05, 0) is 12.1 Å². The van der Waals surface area contributed by atoms with E-state index in [-0.39, 0.29) is 18.0 Å². The molecule has 84 valence electrons. The van der Waals surface area contributed by atoms with Gasteiger partial charge >= 0.3 is 5.69 Å². The summed E-state index contributed by atoms with van der Waals surface area (Å²) in [4.78, 5) is 10.2. The second kappa shape index (κ2) is 5.73. The molecule has 0 fully saturated rings. The van der Waals surface area contributed by atoms with Gasteiger partial charge in [0.25, 0.3) is 0 Å². The molecular weight excluding hydrogens is 210 g/mol. The highest BCUT2D eigenvalue weighted by Gasteiger charge is 2.14. The van der Waals surface area contributed by atoms with E-state index in [1.54, 1.807) is 6.07 Å². The van der Waals surface area contributed by atoms with Crippen molar-refractivity contribution in [1.82, 2.24) is 0 Å². The summed E-state index contributed by atoms with van der Waals surface area (Å²) in [5.41, 5.74) is 0.416. The van der Waals surface area contributed by atoms with Crippen LogP contribution in [0.4, 0.5) is 5.69 Å². The fourth-order valence-corrected chi connectivity index (χ4v) is 1.13. The lowest BCUT2D eigenvalue weighted by molar-refractivity contribution is -0.385. The largest absolute Gasteiger partial charge is 0.490 e. The molecular formula is C11H11NO4. The number of hydrogen-bond donors (Lipinski definition) is 1. The topological polar surface area (TPSA) is 72.6 Å². The normalized spacial score (nSPS) is 9.12. The molecule has 5 heteroatoms. The highest BCUT2D eigenvalue weighted by atomic mass is 16.6. The number of nitrogens with zero attached hydrogens (tertiary/aromatic N) is 1. The van der Waals surface area contributed by atoms with E-state index in [4.69, 9.17) is 9.84 Å². The van der Waals surface area contributed by atoms with Crippen LogP contribution in [-0.4, -0.2) is 23.7 Å². The number of aliphatic hydroxyl groups excluding tert-OH is 1. The van der Waals surface area contributed by atoms with E-state index in [2.05, 4.69) is 11.8 Å². The summed E-state index contributed by atoms with van der Waals surface area (Å²) >= 11 is 0. The van der Waals surface area contributed by atoms with Gasteiger partial charge in [-0.15, -0.1) is 0 Å². The molecule has 1 aromatic carbocycles. The number of ether oxygens (including phenoxy) is 1. The van der Waals surface area contributed by atoms with Gasteiger partial charge in [0.05, 0.1) is 18.6 Å². The predicted octanol–water partition coefficient (Wildman–Crippen LogP) is 1.34. The Morgan fingerprint density at radius 1 is 1.56 bits per heavy atom. The first-order valence-electron chi connectivity index (χ1n) is 4.61. The summed E-state index contributed by atoms with van der Waals surface area (Å²) in [6.45, 7) is -0.0226. The van der Waals surface area contributed by atoms with Crippen LogP contribution < -0.4 is 4.74 Å². The Hall–Kier alpha value is -2.06. The molecule has 16 heavy (non-hydrogen) atoms. The molecule has 0 spiro atoms. The summed E-state index contributed by atoms with van der Waals surface area (Å²) in [6.07, 6.45) is 0.347. The van der Waals surface area contributed by atoms with E-state index >= 15 is 0 Å². The van der Waals surface area contributed by atoms with Gasteiger partial charge in [-0.25, -0.2) is 0 Å². The van der Waals surface area contributed by atoms with Crippen molar-refractivity contribution in [3.05, 3.63) is 33.9 Å². The van der Waals surface area contributed by atoms with Crippen LogP contribution in [0.5, 0.6) is 5.75 Å². The van der Waals surface area contributed by atoms with Crippen LogP contribution in [0, 0.1) is 22.0 Å². The van der Waals surface area contributed by atoms with E-state index in [1.165, 1.54) is 19.2 Å². The molecule has 1 rings (SSSR count). The van der Waals surface area contributed by atoms with Gasteiger partial charge in [-0.3, -0.25) is 10.1 Å². The average molecular weight is 221 g/mol. The highest BCUT2D eigenvalue weighted by molar-refractivity contribution is 5.52. The summed E-state index contributed by atoms with van der Waals surface area (Å²) in [7, 11) is 1.37. The molecule has 1 aromatic rings. The van der Waals surface area contributed by atoms with Crippen molar-refractivity contribution in [3.63, 3.8) is 0 Å². The van der Waals surface area contributed by atoms with Crippen LogP contribution in [0.15, 0.2) is 18.2 Å². The smallest absolute Gasteiger partial charge is 0.312 e. The summed E-state index contributed by atoms with van der Waals surface area (Å²) in [5.74, 6) is 5.62. The standard InChI is InChI=1S/C11H11NO4/c1-16-11-6-5-9(4-2-3-7-13)8-10(11)12(14)15/h5-6,8,13H,3,7H2,1H3. The van der Waals surface area contributed by atoms with E-state index < -0.39 is 4.92 Å². The Labute approximate surface area is 92.8 Å². The van der Waals surface area contributed by atoms with Crippen molar-refractivity contribution in [1.29, 1.82) is 0 Å². The van der Waals surface area contributed by atoms with Gasteiger partial charge in [-0.2, -0.15) is 0 Å². The minimum absolute atomic E-state index is 0.0226. The molecule has 0 saturated carbocycles. The molecule has 0 aliphatic rings. The van der Waals surface area contributed by atoms with Crippen molar-refractivity contribution >= 4 is 5.69 Å². The summed E-state index contributed by atoms with van der Waals surface area (Å²) < 4.78 is 4.86. The number of rotatable bonds is 3. The predicted molar refractivity (Wildman–Crippen MR) is 58.2 cm³/mol. The molecule has 1 N–H and O–H groups in total. The molecule has 0 unspecified atom stereocenters. The molecule has 0 bridgehead atoms. The Balaban J connectivity index is 3.04. The zero-order valence-corrected chi connectivity index (χ0v) is 8.77. The summed E-state index contributed by atoms with van der Waals surface area (Å²) in [6, 6.07) is 4.49. The lowest BCUT2D eigenvalue weighted by Crippen LogP contribution is -1.94. The first-order chi connectivity index (χ1) is 7.69. The quantitative estimate of drug-likeness (QED) is 0.475. The number of nitro groups is 1. The number of methoxy groups -OCH3 is 1. The number of aliphatic hydroxyl groups is 1. The van der Waals surface area contributed by atoms with Crippen molar-refractivity contribution in [2.45, 2.75) is 6.42 Å². The minimum atomic E-state index is -0.518. The van der Waals surface area contributed by atoms with Gasteiger partial charge in [0, 0.05) is 18.1 Å². The molecule has 0 atom stereocenters. The third-order valence-corrected chi connectivity index (χ3v) is 1.85. The van der Waals surface area contributed by atoms with Crippen LogP contribution in [0.25, 0.3) is 0 Å². The van der Waals surface area contributed by atoms with Gasteiger partial charge in [-0.1, -0.05) is 11.8 Å².